The molecule has 1 saturated carbocycles. The van der Waals surface area contributed by atoms with Crippen molar-refractivity contribution in [2.24, 2.45) is 5.73 Å². The standard InChI is InChI=1S/C15H21NO/c1-12(2)11-17-14-5-3-4-13(10-14)6-7-15(16)8-9-15/h3-5,10H,1,6-9,11,16H2,2H3. The summed E-state index contributed by atoms with van der Waals surface area (Å²) in [6.45, 7) is 6.38. The van der Waals surface area contributed by atoms with Crippen LogP contribution in [0.3, 0.4) is 0 Å². The molecule has 2 rings (SSSR count). The zero-order chi connectivity index (χ0) is 12.3. The molecule has 1 aromatic rings. The summed E-state index contributed by atoms with van der Waals surface area (Å²) in [5, 5.41) is 0. The Morgan fingerprint density at radius 2 is 2.24 bits per heavy atom. The maximum absolute atomic E-state index is 6.09. The molecule has 92 valence electrons. The van der Waals surface area contributed by atoms with Gasteiger partial charge in [0, 0.05) is 5.54 Å². The Morgan fingerprint density at radius 1 is 1.47 bits per heavy atom. The predicted octanol–water partition coefficient (Wildman–Crippen LogP) is 3.07. The largest absolute Gasteiger partial charge is 0.489 e. The molecule has 2 heteroatoms. The summed E-state index contributed by atoms with van der Waals surface area (Å²) in [7, 11) is 0. The molecule has 0 bridgehead atoms. The highest BCUT2D eigenvalue weighted by Gasteiger charge is 2.37. The molecule has 0 radical (unpaired) electrons. The van der Waals surface area contributed by atoms with Crippen LogP contribution in [0.1, 0.15) is 31.7 Å². The Labute approximate surface area is 103 Å². The van der Waals surface area contributed by atoms with Gasteiger partial charge in [0.05, 0.1) is 0 Å². The summed E-state index contributed by atoms with van der Waals surface area (Å²) in [4.78, 5) is 0. The quantitative estimate of drug-likeness (QED) is 0.764. The van der Waals surface area contributed by atoms with Crippen molar-refractivity contribution in [1.82, 2.24) is 0 Å². The first-order valence-electron chi connectivity index (χ1n) is 6.22. The third-order valence-electron chi connectivity index (χ3n) is 3.19. The predicted molar refractivity (Wildman–Crippen MR) is 71.2 cm³/mol. The van der Waals surface area contributed by atoms with Crippen molar-refractivity contribution in [2.45, 2.75) is 38.1 Å². The van der Waals surface area contributed by atoms with Crippen molar-refractivity contribution in [3.8, 4) is 5.75 Å². The normalized spacial score (nSPS) is 16.6. The third-order valence-corrected chi connectivity index (χ3v) is 3.19. The van der Waals surface area contributed by atoms with Crippen LogP contribution < -0.4 is 10.5 Å². The summed E-state index contributed by atoms with van der Waals surface area (Å²) in [6.07, 6.45) is 4.48. The molecule has 0 aliphatic heterocycles. The lowest BCUT2D eigenvalue weighted by molar-refractivity contribution is 0.352. The van der Waals surface area contributed by atoms with Crippen molar-refractivity contribution < 1.29 is 4.74 Å². The summed E-state index contributed by atoms with van der Waals surface area (Å²) in [5.41, 5.74) is 8.56. The molecule has 0 unspecified atom stereocenters. The van der Waals surface area contributed by atoms with Gasteiger partial charge < -0.3 is 10.5 Å². The van der Waals surface area contributed by atoms with E-state index in [0.29, 0.717) is 6.61 Å². The van der Waals surface area contributed by atoms with Gasteiger partial charge in [-0.2, -0.15) is 0 Å². The Kier molecular flexibility index (Phi) is 3.53. The summed E-state index contributed by atoms with van der Waals surface area (Å²) in [6, 6.07) is 8.27. The van der Waals surface area contributed by atoms with Gasteiger partial charge in [0.15, 0.2) is 0 Å². The number of rotatable bonds is 6. The van der Waals surface area contributed by atoms with E-state index < -0.39 is 0 Å². The number of nitrogens with two attached hydrogens (primary N) is 1. The SMILES string of the molecule is C=C(C)COc1cccc(CCC2(N)CC2)c1. The fraction of sp³-hybridized carbons (Fsp3) is 0.467. The third kappa shape index (κ3) is 3.90. The van der Waals surface area contributed by atoms with Crippen molar-refractivity contribution in [1.29, 1.82) is 0 Å². The number of hydrogen-bond acceptors (Lipinski definition) is 2. The van der Waals surface area contributed by atoms with E-state index in [-0.39, 0.29) is 5.54 Å². The number of aryl methyl sites for hydroxylation is 1. The molecule has 0 heterocycles. The van der Waals surface area contributed by atoms with Crippen LogP contribution in [0.15, 0.2) is 36.4 Å². The fourth-order valence-corrected chi connectivity index (χ4v) is 1.80. The van der Waals surface area contributed by atoms with Gasteiger partial charge in [-0.3, -0.25) is 0 Å². The van der Waals surface area contributed by atoms with Gasteiger partial charge >= 0.3 is 0 Å². The van der Waals surface area contributed by atoms with Crippen LogP contribution >= 0.6 is 0 Å². The van der Waals surface area contributed by atoms with Crippen LogP contribution in [0.5, 0.6) is 5.75 Å². The monoisotopic (exact) mass is 231 g/mol. The molecule has 0 atom stereocenters. The Hall–Kier alpha value is -1.28. The van der Waals surface area contributed by atoms with Crippen molar-refractivity contribution in [3.63, 3.8) is 0 Å². The second kappa shape index (κ2) is 4.92. The molecule has 1 aliphatic carbocycles. The zero-order valence-electron chi connectivity index (χ0n) is 10.5. The van der Waals surface area contributed by atoms with Gasteiger partial charge in [-0.25, -0.2) is 0 Å². The highest BCUT2D eigenvalue weighted by molar-refractivity contribution is 5.29. The second-order valence-corrected chi connectivity index (χ2v) is 5.26. The van der Waals surface area contributed by atoms with E-state index >= 15 is 0 Å². The Balaban J connectivity index is 1.89. The zero-order valence-corrected chi connectivity index (χ0v) is 10.5. The van der Waals surface area contributed by atoms with E-state index in [9.17, 15) is 0 Å². The average Bonchev–Trinajstić information content (AvgIpc) is 3.03. The Morgan fingerprint density at radius 3 is 2.88 bits per heavy atom. The molecule has 0 aromatic heterocycles. The van der Waals surface area contributed by atoms with Gasteiger partial charge in [0.2, 0.25) is 0 Å². The number of hydrogen-bond donors (Lipinski definition) is 1. The highest BCUT2D eigenvalue weighted by atomic mass is 16.5. The van der Waals surface area contributed by atoms with E-state index in [2.05, 4.69) is 18.7 Å². The van der Waals surface area contributed by atoms with Crippen molar-refractivity contribution >= 4 is 0 Å². The van der Waals surface area contributed by atoms with Crippen LogP contribution in [0.25, 0.3) is 0 Å². The topological polar surface area (TPSA) is 35.2 Å². The van der Waals surface area contributed by atoms with Crippen molar-refractivity contribution in [2.75, 3.05) is 6.61 Å². The lowest BCUT2D eigenvalue weighted by Crippen LogP contribution is -2.22. The highest BCUT2D eigenvalue weighted by Crippen LogP contribution is 2.36. The van der Waals surface area contributed by atoms with Crippen LogP contribution in [0.2, 0.25) is 0 Å². The molecule has 1 aliphatic rings. The van der Waals surface area contributed by atoms with Crippen LogP contribution in [-0.4, -0.2) is 12.1 Å². The smallest absolute Gasteiger partial charge is 0.120 e. The van der Waals surface area contributed by atoms with Gasteiger partial charge in [-0.05, 0) is 55.9 Å². The minimum Gasteiger partial charge on any atom is -0.489 e. The first-order valence-corrected chi connectivity index (χ1v) is 6.22. The van der Waals surface area contributed by atoms with Crippen LogP contribution in [0.4, 0.5) is 0 Å². The fourth-order valence-electron chi connectivity index (χ4n) is 1.80. The molecule has 2 N–H and O–H groups in total. The van der Waals surface area contributed by atoms with E-state index in [0.717, 1.165) is 24.2 Å². The summed E-state index contributed by atoms with van der Waals surface area (Å²) < 4.78 is 5.62. The molecule has 2 nitrogen and oxygen atoms in total. The first kappa shape index (κ1) is 12.2. The summed E-state index contributed by atoms with van der Waals surface area (Å²) in [5.74, 6) is 0.923. The number of benzene rings is 1. The second-order valence-electron chi connectivity index (χ2n) is 5.26. The van der Waals surface area contributed by atoms with Crippen molar-refractivity contribution in [3.05, 3.63) is 42.0 Å². The Bertz CT molecular complexity index is 407. The van der Waals surface area contributed by atoms with Crippen LogP contribution in [0, 0.1) is 0 Å². The molecular weight excluding hydrogens is 210 g/mol. The average molecular weight is 231 g/mol. The maximum atomic E-state index is 6.09. The molecule has 1 fully saturated rings. The van der Waals surface area contributed by atoms with Gasteiger partial charge in [0.1, 0.15) is 12.4 Å². The molecular formula is C15H21NO. The molecule has 0 saturated heterocycles. The molecule has 0 spiro atoms. The van der Waals surface area contributed by atoms with Gasteiger partial charge in [0.25, 0.3) is 0 Å². The minimum atomic E-state index is 0.133. The van der Waals surface area contributed by atoms with E-state index in [1.165, 1.54) is 18.4 Å². The molecule has 1 aromatic carbocycles. The molecule has 0 amide bonds. The van der Waals surface area contributed by atoms with E-state index in [1.807, 2.05) is 19.1 Å². The van der Waals surface area contributed by atoms with Gasteiger partial charge in [-0.1, -0.05) is 18.7 Å². The minimum absolute atomic E-state index is 0.133. The number of ether oxygens (including phenoxy) is 1. The lowest BCUT2D eigenvalue weighted by atomic mass is 10.0. The van der Waals surface area contributed by atoms with Crippen LogP contribution in [-0.2, 0) is 6.42 Å². The van der Waals surface area contributed by atoms with Gasteiger partial charge in [-0.15, -0.1) is 0 Å². The van der Waals surface area contributed by atoms with E-state index in [1.54, 1.807) is 0 Å². The summed E-state index contributed by atoms with van der Waals surface area (Å²) >= 11 is 0. The van der Waals surface area contributed by atoms with E-state index in [4.69, 9.17) is 10.5 Å². The first-order chi connectivity index (χ1) is 8.07. The molecule has 17 heavy (non-hydrogen) atoms. The lowest BCUT2D eigenvalue weighted by Gasteiger charge is -2.10. The maximum Gasteiger partial charge on any atom is 0.120 e.